The van der Waals surface area contributed by atoms with Crippen LogP contribution in [-0.2, 0) is 18.9 Å². The predicted molar refractivity (Wildman–Crippen MR) is 330 cm³/mol. The Morgan fingerprint density at radius 3 is 0.577 bits per heavy atom. The van der Waals surface area contributed by atoms with E-state index in [0.717, 1.165) is 101 Å². The molecule has 454 valence electrons. The Hall–Kier alpha value is -2.90. The van der Waals surface area contributed by atoms with Gasteiger partial charge in [0.25, 0.3) is 0 Å². The van der Waals surface area contributed by atoms with Gasteiger partial charge in [0.05, 0.1) is 48.7 Å². The molecule has 0 radical (unpaired) electrons. The van der Waals surface area contributed by atoms with E-state index in [1.54, 1.807) is 0 Å². The number of carbonyl (C=O) groups is 4. The van der Waals surface area contributed by atoms with Gasteiger partial charge in [0.2, 0.25) is 0 Å². The third-order valence-electron chi connectivity index (χ3n) is 15.7. The number of hydrogen-bond donors (Lipinski definition) is 0. The number of rotatable bonds is 56. The van der Waals surface area contributed by atoms with Crippen LogP contribution in [-0.4, -0.2) is 50.3 Å². The van der Waals surface area contributed by atoms with E-state index in [1.807, 2.05) is 0 Å². The molecule has 0 aliphatic rings. The van der Waals surface area contributed by atoms with Crippen molar-refractivity contribution >= 4 is 23.9 Å². The van der Waals surface area contributed by atoms with Crippen LogP contribution in [0.1, 0.15) is 379 Å². The maximum atomic E-state index is 14.3. The van der Waals surface area contributed by atoms with Crippen molar-refractivity contribution in [1.29, 1.82) is 0 Å². The van der Waals surface area contributed by atoms with Gasteiger partial charge in [-0.2, -0.15) is 0 Å². The molecule has 0 aliphatic carbocycles. The first-order valence-electron chi connectivity index (χ1n) is 33.7. The lowest BCUT2D eigenvalue weighted by Crippen LogP contribution is -2.24. The van der Waals surface area contributed by atoms with Gasteiger partial charge in [-0.3, -0.25) is 0 Å². The van der Waals surface area contributed by atoms with Crippen molar-refractivity contribution in [2.45, 2.75) is 338 Å². The van der Waals surface area contributed by atoms with Gasteiger partial charge in [-0.25, -0.2) is 19.2 Å². The van der Waals surface area contributed by atoms with E-state index in [9.17, 15) is 19.2 Å². The Morgan fingerprint density at radius 1 is 0.244 bits per heavy atom. The first-order chi connectivity index (χ1) is 37.8. The SMILES string of the molecule is CC(C)CCCCCCCCCCCCOC(=O)c1ccc(C(=O)OCCCCCCCCCCCCC(C)C)c(C(=O)OCCCCCCCCCCCCC(C)C)c1C(=O)OCCCCCCCCCCCCC(C)C. The summed E-state index contributed by atoms with van der Waals surface area (Å²) in [6, 6.07) is 2.85. The molecule has 0 fully saturated rings. The lowest BCUT2D eigenvalue weighted by atomic mass is 9.95. The summed E-state index contributed by atoms with van der Waals surface area (Å²) in [5.41, 5.74) is -0.699. The maximum absolute atomic E-state index is 14.3. The van der Waals surface area contributed by atoms with Crippen LogP contribution in [0.4, 0.5) is 0 Å². The highest BCUT2D eigenvalue weighted by atomic mass is 16.5. The zero-order valence-electron chi connectivity index (χ0n) is 52.7. The normalized spacial score (nSPS) is 11.6. The van der Waals surface area contributed by atoms with Crippen LogP contribution in [0, 0.1) is 23.7 Å². The van der Waals surface area contributed by atoms with Crippen LogP contribution in [0.15, 0.2) is 12.1 Å². The van der Waals surface area contributed by atoms with Gasteiger partial charge < -0.3 is 18.9 Å². The minimum absolute atomic E-state index is 0.0865. The second kappa shape index (κ2) is 52.2. The van der Waals surface area contributed by atoms with E-state index < -0.39 is 23.9 Å². The van der Waals surface area contributed by atoms with Crippen molar-refractivity contribution in [2.24, 2.45) is 23.7 Å². The van der Waals surface area contributed by atoms with E-state index in [4.69, 9.17) is 18.9 Å². The molecule has 0 unspecified atom stereocenters. The Labute approximate surface area is 482 Å². The summed E-state index contributed by atoms with van der Waals surface area (Å²) in [4.78, 5) is 56.5. The molecular weight excluding hydrogens is 969 g/mol. The molecule has 1 aromatic carbocycles. The standard InChI is InChI=1S/C70H126O8/c1-59(2)49-41-33-25-17-9-13-21-29-37-45-55-75-67(71)63-53-54-64(68(72)76-56-46-38-30-22-14-10-18-26-34-42-50-60(3)4)66(70(74)78-58-48-40-32-24-16-12-20-28-36-44-52-62(7)8)65(63)69(73)77-57-47-39-31-23-15-11-19-27-35-43-51-61(5)6/h53-54,59-62H,9-52,55-58H2,1-8H3. The second-order valence-corrected chi connectivity index (χ2v) is 25.3. The van der Waals surface area contributed by atoms with Gasteiger partial charge in [-0.1, -0.05) is 312 Å². The average molecular weight is 1100 g/mol. The summed E-state index contributed by atoms with van der Waals surface area (Å²) in [6.07, 6.45) is 51.5. The molecule has 8 nitrogen and oxygen atoms in total. The van der Waals surface area contributed by atoms with Crippen LogP contribution in [0.25, 0.3) is 0 Å². The Kier molecular flexibility index (Phi) is 48.9. The largest absolute Gasteiger partial charge is 0.462 e. The summed E-state index contributed by atoms with van der Waals surface area (Å²) < 4.78 is 23.4. The number of hydrogen-bond acceptors (Lipinski definition) is 8. The van der Waals surface area contributed by atoms with Gasteiger partial charge >= 0.3 is 23.9 Å². The van der Waals surface area contributed by atoms with E-state index in [1.165, 1.54) is 192 Å². The van der Waals surface area contributed by atoms with Crippen LogP contribution in [0.5, 0.6) is 0 Å². The van der Waals surface area contributed by atoms with E-state index >= 15 is 0 Å². The molecule has 0 atom stereocenters. The van der Waals surface area contributed by atoms with Gasteiger partial charge in [0, 0.05) is 0 Å². The highest BCUT2D eigenvalue weighted by molar-refractivity contribution is 6.15. The zero-order chi connectivity index (χ0) is 57.1. The lowest BCUT2D eigenvalue weighted by Gasteiger charge is -2.17. The monoisotopic (exact) mass is 1090 g/mol. The molecule has 1 aromatic rings. The fourth-order valence-corrected chi connectivity index (χ4v) is 10.6. The molecule has 0 bridgehead atoms. The summed E-state index contributed by atoms with van der Waals surface area (Å²) in [5, 5.41) is 0. The highest BCUT2D eigenvalue weighted by Crippen LogP contribution is 2.26. The van der Waals surface area contributed by atoms with Crippen LogP contribution in [0.3, 0.4) is 0 Å². The predicted octanol–water partition coefficient (Wildman–Crippen LogP) is 22.1. The fourth-order valence-electron chi connectivity index (χ4n) is 10.6. The minimum Gasteiger partial charge on any atom is -0.462 e. The van der Waals surface area contributed by atoms with E-state index in [2.05, 4.69) is 55.4 Å². The topological polar surface area (TPSA) is 105 Å². The number of unbranched alkanes of at least 4 members (excludes halogenated alkanes) is 36. The van der Waals surface area contributed by atoms with Crippen molar-refractivity contribution in [3.63, 3.8) is 0 Å². The molecule has 0 saturated carbocycles. The fraction of sp³-hybridized carbons (Fsp3) is 0.857. The molecule has 0 aliphatic heterocycles. The molecule has 0 aromatic heterocycles. The first kappa shape index (κ1) is 73.1. The number of ether oxygens (including phenoxy) is 4. The van der Waals surface area contributed by atoms with Crippen molar-refractivity contribution in [3.05, 3.63) is 34.4 Å². The van der Waals surface area contributed by atoms with Crippen molar-refractivity contribution in [1.82, 2.24) is 0 Å². The smallest absolute Gasteiger partial charge is 0.339 e. The average Bonchev–Trinajstić information content (AvgIpc) is 3.45. The number of benzene rings is 1. The Balaban J connectivity index is 3.05. The quantitative estimate of drug-likeness (QED) is 0.0361. The van der Waals surface area contributed by atoms with E-state index in [0.29, 0.717) is 25.7 Å². The van der Waals surface area contributed by atoms with Crippen LogP contribution in [0.2, 0.25) is 0 Å². The van der Waals surface area contributed by atoms with Gasteiger partial charge in [-0.05, 0) is 61.5 Å². The minimum atomic E-state index is -0.823. The molecule has 0 saturated heterocycles. The van der Waals surface area contributed by atoms with Crippen molar-refractivity contribution < 1.29 is 38.1 Å². The molecule has 0 spiro atoms. The Morgan fingerprint density at radius 2 is 0.397 bits per heavy atom. The van der Waals surface area contributed by atoms with E-state index in [-0.39, 0.29) is 48.7 Å². The molecule has 78 heavy (non-hydrogen) atoms. The molecule has 1 rings (SSSR count). The maximum Gasteiger partial charge on any atom is 0.339 e. The summed E-state index contributed by atoms with van der Waals surface area (Å²) >= 11 is 0. The third-order valence-corrected chi connectivity index (χ3v) is 15.7. The first-order valence-corrected chi connectivity index (χ1v) is 33.7. The van der Waals surface area contributed by atoms with Gasteiger partial charge in [-0.15, -0.1) is 0 Å². The molecule has 0 heterocycles. The van der Waals surface area contributed by atoms with Crippen LogP contribution < -0.4 is 0 Å². The summed E-state index contributed by atoms with van der Waals surface area (Å²) in [7, 11) is 0. The van der Waals surface area contributed by atoms with Gasteiger partial charge in [0.1, 0.15) is 0 Å². The molecule has 8 heteroatoms. The number of esters is 4. The molecule has 0 N–H and O–H groups in total. The van der Waals surface area contributed by atoms with Crippen LogP contribution >= 0.6 is 0 Å². The van der Waals surface area contributed by atoms with Gasteiger partial charge in [0.15, 0.2) is 0 Å². The van der Waals surface area contributed by atoms with Crippen molar-refractivity contribution in [2.75, 3.05) is 26.4 Å². The lowest BCUT2D eigenvalue weighted by molar-refractivity contribution is 0.0415. The Bertz CT molecular complexity index is 1470. The summed E-state index contributed by atoms with van der Waals surface area (Å²) in [5.74, 6) is 0.0678. The third kappa shape index (κ3) is 42.9. The number of carbonyl (C=O) groups excluding carboxylic acids is 4. The zero-order valence-corrected chi connectivity index (χ0v) is 52.7. The second-order valence-electron chi connectivity index (χ2n) is 25.3. The molecule has 0 amide bonds. The van der Waals surface area contributed by atoms with Crippen molar-refractivity contribution in [3.8, 4) is 0 Å². The molecular formula is C70H126O8. The summed E-state index contributed by atoms with van der Waals surface area (Å²) in [6.45, 7) is 19.0. The highest BCUT2D eigenvalue weighted by Gasteiger charge is 2.33.